The molecule has 0 saturated carbocycles. The lowest BCUT2D eigenvalue weighted by Gasteiger charge is -2.18. The van der Waals surface area contributed by atoms with Crippen molar-refractivity contribution in [2.45, 2.75) is 17.5 Å². The standard InChI is InChI=1S/C21H19F2N3O4S2/c1-24-21(28)19(14-6-9-17(22)18(23)11-14)26-20(27)13-4-7-16(8-5-13)32(29,30)25-12-15-3-2-10-31-15/h2-11,19,25H,12H2,1H3,(H,24,28)(H,26,27). The molecule has 7 nitrogen and oxygen atoms in total. The van der Waals surface area contributed by atoms with Gasteiger partial charge in [-0.25, -0.2) is 21.9 Å². The molecular formula is C21H19F2N3O4S2. The lowest BCUT2D eigenvalue weighted by Crippen LogP contribution is -2.39. The summed E-state index contributed by atoms with van der Waals surface area (Å²) in [7, 11) is -2.45. The highest BCUT2D eigenvalue weighted by atomic mass is 32.2. The van der Waals surface area contributed by atoms with Gasteiger partial charge in [-0.1, -0.05) is 12.1 Å². The van der Waals surface area contributed by atoms with Gasteiger partial charge < -0.3 is 10.6 Å². The highest BCUT2D eigenvalue weighted by molar-refractivity contribution is 7.89. The van der Waals surface area contributed by atoms with Crippen molar-refractivity contribution in [3.05, 3.63) is 87.6 Å². The highest BCUT2D eigenvalue weighted by Gasteiger charge is 2.24. The first-order valence-corrected chi connectivity index (χ1v) is 11.7. The van der Waals surface area contributed by atoms with Crippen LogP contribution in [0.2, 0.25) is 0 Å². The molecule has 0 bridgehead atoms. The van der Waals surface area contributed by atoms with E-state index < -0.39 is 39.5 Å². The average molecular weight is 480 g/mol. The van der Waals surface area contributed by atoms with Gasteiger partial charge in [-0.2, -0.15) is 0 Å². The van der Waals surface area contributed by atoms with Gasteiger partial charge in [-0.15, -0.1) is 11.3 Å². The monoisotopic (exact) mass is 479 g/mol. The summed E-state index contributed by atoms with van der Waals surface area (Å²) < 4.78 is 54.2. The molecule has 0 aliphatic rings. The Kier molecular flexibility index (Phi) is 7.33. The summed E-state index contributed by atoms with van der Waals surface area (Å²) in [6.45, 7) is 0.143. The number of nitrogens with one attached hydrogen (secondary N) is 3. The number of halogens is 2. The second-order valence-electron chi connectivity index (χ2n) is 6.62. The third-order valence-electron chi connectivity index (χ3n) is 4.50. The molecule has 3 aromatic rings. The molecule has 0 fully saturated rings. The van der Waals surface area contributed by atoms with Crippen molar-refractivity contribution < 1.29 is 26.8 Å². The fourth-order valence-corrected chi connectivity index (χ4v) is 4.54. The van der Waals surface area contributed by atoms with Crippen molar-refractivity contribution in [2.24, 2.45) is 0 Å². The van der Waals surface area contributed by atoms with E-state index in [2.05, 4.69) is 15.4 Å². The van der Waals surface area contributed by atoms with Gasteiger partial charge >= 0.3 is 0 Å². The minimum atomic E-state index is -3.79. The minimum Gasteiger partial charge on any atom is -0.357 e. The van der Waals surface area contributed by atoms with Gasteiger partial charge in [0.1, 0.15) is 6.04 Å². The fraction of sp³-hybridized carbons (Fsp3) is 0.143. The fourth-order valence-electron chi connectivity index (χ4n) is 2.80. The Bertz CT molecular complexity index is 1210. The van der Waals surface area contributed by atoms with Crippen LogP contribution in [0.1, 0.15) is 26.8 Å². The van der Waals surface area contributed by atoms with Gasteiger partial charge in [-0.3, -0.25) is 9.59 Å². The molecule has 0 saturated heterocycles. The van der Waals surface area contributed by atoms with Crippen LogP contribution in [0.3, 0.4) is 0 Å². The molecule has 0 aliphatic heterocycles. The first-order chi connectivity index (χ1) is 15.2. The second-order valence-corrected chi connectivity index (χ2v) is 9.42. The van der Waals surface area contributed by atoms with Gasteiger partial charge in [0.2, 0.25) is 15.9 Å². The minimum absolute atomic E-state index is 0.0333. The van der Waals surface area contributed by atoms with Crippen LogP contribution in [0.5, 0.6) is 0 Å². The molecule has 3 N–H and O–H groups in total. The Morgan fingerprint density at radius 3 is 2.34 bits per heavy atom. The SMILES string of the molecule is CNC(=O)C(NC(=O)c1ccc(S(=O)(=O)NCc2cccs2)cc1)c1ccc(F)c(F)c1. The van der Waals surface area contributed by atoms with E-state index in [9.17, 15) is 26.8 Å². The van der Waals surface area contributed by atoms with E-state index in [0.717, 1.165) is 17.0 Å². The predicted octanol–water partition coefficient (Wildman–Crippen LogP) is 2.72. The lowest BCUT2D eigenvalue weighted by molar-refractivity contribution is -0.122. The molecule has 0 spiro atoms. The lowest BCUT2D eigenvalue weighted by atomic mass is 10.0. The van der Waals surface area contributed by atoms with Gasteiger partial charge in [0.15, 0.2) is 11.6 Å². The number of benzene rings is 2. The third kappa shape index (κ3) is 5.55. The maximum Gasteiger partial charge on any atom is 0.252 e. The van der Waals surface area contributed by atoms with Crippen molar-refractivity contribution in [1.82, 2.24) is 15.4 Å². The zero-order valence-electron chi connectivity index (χ0n) is 16.8. The first-order valence-electron chi connectivity index (χ1n) is 9.31. The number of hydrogen-bond donors (Lipinski definition) is 3. The van der Waals surface area contributed by atoms with E-state index >= 15 is 0 Å². The molecule has 11 heteroatoms. The molecule has 168 valence electrons. The molecule has 1 atom stereocenters. The van der Waals surface area contributed by atoms with Crippen LogP contribution in [0, 0.1) is 11.6 Å². The van der Waals surface area contributed by atoms with E-state index in [-0.39, 0.29) is 22.6 Å². The van der Waals surface area contributed by atoms with Crippen LogP contribution in [0.25, 0.3) is 0 Å². The molecule has 32 heavy (non-hydrogen) atoms. The highest BCUT2D eigenvalue weighted by Crippen LogP contribution is 2.19. The van der Waals surface area contributed by atoms with E-state index in [4.69, 9.17) is 0 Å². The first kappa shape index (κ1) is 23.5. The van der Waals surface area contributed by atoms with Crippen LogP contribution in [-0.2, 0) is 21.4 Å². The summed E-state index contributed by atoms with van der Waals surface area (Å²) >= 11 is 1.42. The van der Waals surface area contributed by atoms with Gasteiger partial charge in [0.25, 0.3) is 5.91 Å². The average Bonchev–Trinajstić information content (AvgIpc) is 3.31. The number of sulfonamides is 1. The Hall–Kier alpha value is -3.15. The van der Waals surface area contributed by atoms with Crippen molar-refractivity contribution in [2.75, 3.05) is 7.05 Å². The number of likely N-dealkylation sites (N-methyl/N-ethyl adjacent to an activating group) is 1. The zero-order chi connectivity index (χ0) is 23.3. The molecule has 0 aliphatic carbocycles. The number of rotatable bonds is 8. The van der Waals surface area contributed by atoms with Crippen molar-refractivity contribution >= 4 is 33.2 Å². The summed E-state index contributed by atoms with van der Waals surface area (Å²) in [5, 5.41) is 6.63. The largest absolute Gasteiger partial charge is 0.357 e. The van der Waals surface area contributed by atoms with Crippen LogP contribution in [-0.4, -0.2) is 27.3 Å². The third-order valence-corrected chi connectivity index (χ3v) is 6.80. The van der Waals surface area contributed by atoms with E-state index in [1.165, 1.54) is 48.7 Å². The van der Waals surface area contributed by atoms with Crippen LogP contribution < -0.4 is 15.4 Å². The number of carbonyl (C=O) groups excluding carboxylic acids is 2. The maximum atomic E-state index is 13.6. The number of thiophene rings is 1. The molecule has 0 radical (unpaired) electrons. The topological polar surface area (TPSA) is 104 Å². The van der Waals surface area contributed by atoms with E-state index in [1.807, 2.05) is 11.4 Å². The number of hydrogen-bond acceptors (Lipinski definition) is 5. The number of carbonyl (C=O) groups is 2. The van der Waals surface area contributed by atoms with E-state index in [1.54, 1.807) is 6.07 Å². The summed E-state index contributed by atoms with van der Waals surface area (Å²) in [5.74, 6) is -3.57. The Morgan fingerprint density at radius 1 is 1.03 bits per heavy atom. The Balaban J connectivity index is 1.74. The van der Waals surface area contributed by atoms with Gasteiger partial charge in [-0.05, 0) is 53.4 Å². The second kappa shape index (κ2) is 9.98. The normalized spacial score (nSPS) is 12.2. The van der Waals surface area contributed by atoms with Crippen LogP contribution in [0.15, 0.2) is 64.9 Å². The molecule has 1 unspecified atom stereocenters. The predicted molar refractivity (Wildman–Crippen MR) is 115 cm³/mol. The summed E-state index contributed by atoms with van der Waals surface area (Å²) in [5.41, 5.74) is 0.132. The Labute approximate surface area is 187 Å². The maximum absolute atomic E-state index is 13.6. The molecule has 2 amide bonds. The Morgan fingerprint density at radius 2 is 1.75 bits per heavy atom. The zero-order valence-corrected chi connectivity index (χ0v) is 18.4. The van der Waals surface area contributed by atoms with Crippen molar-refractivity contribution in [3.63, 3.8) is 0 Å². The summed E-state index contributed by atoms with van der Waals surface area (Å²) in [4.78, 5) is 25.6. The van der Waals surface area contributed by atoms with Gasteiger partial charge in [0, 0.05) is 24.0 Å². The van der Waals surface area contributed by atoms with Crippen molar-refractivity contribution in [3.8, 4) is 0 Å². The molecular weight excluding hydrogens is 460 g/mol. The molecule has 1 heterocycles. The van der Waals surface area contributed by atoms with Crippen LogP contribution >= 0.6 is 11.3 Å². The molecule has 2 aromatic carbocycles. The van der Waals surface area contributed by atoms with Crippen LogP contribution in [0.4, 0.5) is 8.78 Å². The van der Waals surface area contributed by atoms with Gasteiger partial charge in [0.05, 0.1) is 4.90 Å². The smallest absolute Gasteiger partial charge is 0.252 e. The van der Waals surface area contributed by atoms with E-state index in [0.29, 0.717) is 0 Å². The number of amides is 2. The molecule has 1 aromatic heterocycles. The summed E-state index contributed by atoms with van der Waals surface area (Å²) in [6.07, 6.45) is 0. The van der Waals surface area contributed by atoms with Crippen molar-refractivity contribution in [1.29, 1.82) is 0 Å². The summed E-state index contributed by atoms with van der Waals surface area (Å²) in [6, 6.07) is 10.3. The quantitative estimate of drug-likeness (QED) is 0.462. The molecule has 3 rings (SSSR count).